The Morgan fingerprint density at radius 1 is 1.37 bits per heavy atom. The average Bonchev–Trinajstić information content (AvgIpc) is 2.83. The van der Waals surface area contributed by atoms with Crippen molar-refractivity contribution in [2.75, 3.05) is 18.5 Å². The summed E-state index contributed by atoms with van der Waals surface area (Å²) in [6.45, 7) is 2.25. The minimum absolute atomic E-state index is 0.0676. The molecule has 0 atom stereocenters. The summed E-state index contributed by atoms with van der Waals surface area (Å²) in [5.74, 6) is 0. The molecule has 4 nitrogen and oxygen atoms in total. The lowest BCUT2D eigenvalue weighted by Crippen LogP contribution is -2.30. The van der Waals surface area contributed by atoms with E-state index in [1.54, 1.807) is 11.3 Å². The molecule has 0 aliphatic rings. The second kappa shape index (κ2) is 6.36. The number of benzene rings is 1. The van der Waals surface area contributed by atoms with Gasteiger partial charge in [0.25, 0.3) is 0 Å². The molecule has 1 aromatic heterocycles. The topological polar surface area (TPSA) is 61.4 Å². The van der Waals surface area contributed by atoms with Gasteiger partial charge in [-0.05, 0) is 41.6 Å². The highest BCUT2D eigenvalue weighted by Gasteiger charge is 2.05. The Morgan fingerprint density at radius 3 is 2.89 bits per heavy atom. The minimum atomic E-state index is -0.311. The number of urea groups is 1. The number of aliphatic hydroxyl groups excluding tert-OH is 1. The molecule has 0 unspecified atom stereocenters. The number of aliphatic hydroxyl groups is 1. The monoisotopic (exact) mass is 276 g/mol. The largest absolute Gasteiger partial charge is 0.395 e. The van der Waals surface area contributed by atoms with Crippen LogP contribution in [-0.2, 0) is 0 Å². The second-order valence-electron chi connectivity index (χ2n) is 4.12. The Labute approximate surface area is 116 Å². The summed E-state index contributed by atoms with van der Waals surface area (Å²) in [7, 11) is 0. The van der Waals surface area contributed by atoms with Gasteiger partial charge in [0.1, 0.15) is 0 Å². The van der Waals surface area contributed by atoms with Crippen molar-refractivity contribution in [1.82, 2.24) is 5.32 Å². The molecule has 0 aliphatic heterocycles. The fourth-order valence-electron chi connectivity index (χ4n) is 1.75. The number of hydrogen-bond acceptors (Lipinski definition) is 3. The van der Waals surface area contributed by atoms with Gasteiger partial charge in [-0.3, -0.25) is 0 Å². The van der Waals surface area contributed by atoms with Crippen molar-refractivity contribution >= 4 is 23.1 Å². The van der Waals surface area contributed by atoms with Gasteiger partial charge in [-0.2, -0.15) is 0 Å². The highest BCUT2D eigenvalue weighted by atomic mass is 32.1. The number of rotatable bonds is 4. The van der Waals surface area contributed by atoms with Gasteiger partial charge < -0.3 is 15.7 Å². The first kappa shape index (κ1) is 13.6. The summed E-state index contributed by atoms with van der Waals surface area (Å²) in [6.07, 6.45) is 0. The highest BCUT2D eigenvalue weighted by Crippen LogP contribution is 2.30. The molecule has 5 heteroatoms. The Hall–Kier alpha value is -1.85. The zero-order valence-electron chi connectivity index (χ0n) is 10.6. The van der Waals surface area contributed by atoms with E-state index in [4.69, 9.17) is 5.11 Å². The van der Waals surface area contributed by atoms with E-state index in [2.05, 4.69) is 29.0 Å². The molecule has 1 aromatic carbocycles. The summed E-state index contributed by atoms with van der Waals surface area (Å²) in [5, 5.41) is 16.0. The van der Waals surface area contributed by atoms with Crippen LogP contribution >= 0.6 is 11.3 Å². The lowest BCUT2D eigenvalue weighted by atomic mass is 10.1. The van der Waals surface area contributed by atoms with Crippen molar-refractivity contribution in [2.45, 2.75) is 6.92 Å². The predicted octanol–water partition coefficient (Wildman–Crippen LogP) is 2.84. The number of amides is 2. The van der Waals surface area contributed by atoms with Crippen LogP contribution in [0.1, 0.15) is 5.56 Å². The van der Waals surface area contributed by atoms with Crippen LogP contribution in [0.25, 0.3) is 10.4 Å². The third-order valence-corrected chi connectivity index (χ3v) is 3.71. The second-order valence-corrected chi connectivity index (χ2v) is 5.03. The fourth-order valence-corrected chi connectivity index (χ4v) is 2.68. The van der Waals surface area contributed by atoms with E-state index in [1.165, 1.54) is 10.4 Å². The molecule has 19 heavy (non-hydrogen) atoms. The van der Waals surface area contributed by atoms with Crippen molar-refractivity contribution in [2.24, 2.45) is 0 Å². The maximum absolute atomic E-state index is 11.5. The summed E-state index contributed by atoms with van der Waals surface area (Å²) in [5.41, 5.74) is 3.06. The third-order valence-electron chi connectivity index (χ3n) is 2.64. The van der Waals surface area contributed by atoms with E-state index in [9.17, 15) is 4.79 Å². The molecule has 0 saturated heterocycles. The third kappa shape index (κ3) is 3.56. The molecule has 2 amide bonds. The van der Waals surface area contributed by atoms with Crippen molar-refractivity contribution in [1.29, 1.82) is 0 Å². The molecule has 0 aliphatic carbocycles. The Bertz CT molecular complexity index is 566. The van der Waals surface area contributed by atoms with Crippen LogP contribution in [-0.4, -0.2) is 24.3 Å². The van der Waals surface area contributed by atoms with Crippen molar-refractivity contribution in [3.63, 3.8) is 0 Å². The van der Waals surface area contributed by atoms with Crippen molar-refractivity contribution in [3.8, 4) is 10.4 Å². The van der Waals surface area contributed by atoms with Crippen molar-refractivity contribution in [3.05, 3.63) is 41.3 Å². The van der Waals surface area contributed by atoms with Gasteiger partial charge in [-0.15, -0.1) is 11.3 Å². The van der Waals surface area contributed by atoms with Crippen LogP contribution in [0.15, 0.2) is 35.7 Å². The van der Waals surface area contributed by atoms with Gasteiger partial charge in [0.05, 0.1) is 6.61 Å². The molecule has 0 saturated carbocycles. The maximum Gasteiger partial charge on any atom is 0.319 e. The number of carbonyl (C=O) groups is 1. The highest BCUT2D eigenvalue weighted by molar-refractivity contribution is 7.13. The van der Waals surface area contributed by atoms with E-state index < -0.39 is 0 Å². The summed E-state index contributed by atoms with van der Waals surface area (Å²) < 4.78 is 0. The summed E-state index contributed by atoms with van der Waals surface area (Å²) >= 11 is 1.68. The van der Waals surface area contributed by atoms with Crippen LogP contribution in [0, 0.1) is 6.92 Å². The Morgan fingerprint density at radius 2 is 2.21 bits per heavy atom. The zero-order valence-corrected chi connectivity index (χ0v) is 11.5. The van der Waals surface area contributed by atoms with Gasteiger partial charge in [-0.1, -0.05) is 12.1 Å². The maximum atomic E-state index is 11.5. The number of aryl methyl sites for hydroxylation is 1. The van der Waals surface area contributed by atoms with E-state index >= 15 is 0 Å². The average molecular weight is 276 g/mol. The normalized spacial score (nSPS) is 10.2. The van der Waals surface area contributed by atoms with Crippen LogP contribution in [0.4, 0.5) is 10.5 Å². The smallest absolute Gasteiger partial charge is 0.319 e. The fraction of sp³-hybridized carbons (Fsp3) is 0.214. The standard InChI is InChI=1S/C14H16N2O2S/c1-10-5-8-19-13(10)11-3-2-4-12(9-11)16-14(18)15-6-7-17/h2-5,8-9,17H,6-7H2,1H3,(H2,15,16,18). The summed E-state index contributed by atoms with van der Waals surface area (Å²) in [6, 6.07) is 9.48. The molecule has 0 spiro atoms. The van der Waals surface area contributed by atoms with Gasteiger partial charge in [0.2, 0.25) is 0 Å². The molecular weight excluding hydrogens is 260 g/mol. The zero-order chi connectivity index (χ0) is 13.7. The number of carbonyl (C=O) groups excluding carboxylic acids is 1. The Kier molecular flexibility index (Phi) is 4.54. The van der Waals surface area contributed by atoms with Crippen LogP contribution in [0.3, 0.4) is 0 Å². The molecule has 3 N–H and O–H groups in total. The Balaban J connectivity index is 2.12. The van der Waals surface area contributed by atoms with E-state index in [0.717, 1.165) is 11.3 Å². The first-order chi connectivity index (χ1) is 9.20. The van der Waals surface area contributed by atoms with E-state index in [0.29, 0.717) is 0 Å². The molecule has 0 bridgehead atoms. The van der Waals surface area contributed by atoms with E-state index in [1.807, 2.05) is 24.3 Å². The molecular formula is C14H16N2O2S. The summed E-state index contributed by atoms with van der Waals surface area (Å²) in [4.78, 5) is 12.7. The van der Waals surface area contributed by atoms with Crippen LogP contribution in [0.2, 0.25) is 0 Å². The van der Waals surface area contributed by atoms with Gasteiger partial charge in [0.15, 0.2) is 0 Å². The van der Waals surface area contributed by atoms with E-state index in [-0.39, 0.29) is 19.2 Å². The molecule has 2 rings (SSSR count). The minimum Gasteiger partial charge on any atom is -0.395 e. The molecule has 0 fully saturated rings. The lowest BCUT2D eigenvalue weighted by Gasteiger charge is -2.08. The SMILES string of the molecule is Cc1ccsc1-c1cccc(NC(=O)NCCO)c1. The predicted molar refractivity (Wildman–Crippen MR) is 78.6 cm³/mol. The first-order valence-electron chi connectivity index (χ1n) is 6.01. The molecule has 100 valence electrons. The van der Waals surface area contributed by atoms with Gasteiger partial charge >= 0.3 is 6.03 Å². The number of anilines is 1. The first-order valence-corrected chi connectivity index (χ1v) is 6.89. The molecule has 0 radical (unpaired) electrons. The van der Waals surface area contributed by atoms with Crippen LogP contribution in [0.5, 0.6) is 0 Å². The molecule has 1 heterocycles. The number of hydrogen-bond donors (Lipinski definition) is 3. The number of thiophene rings is 1. The van der Waals surface area contributed by atoms with Crippen LogP contribution < -0.4 is 10.6 Å². The van der Waals surface area contributed by atoms with Gasteiger partial charge in [0, 0.05) is 17.1 Å². The number of nitrogens with one attached hydrogen (secondary N) is 2. The lowest BCUT2D eigenvalue weighted by molar-refractivity contribution is 0.245. The quantitative estimate of drug-likeness (QED) is 0.804. The van der Waals surface area contributed by atoms with Crippen molar-refractivity contribution < 1.29 is 9.90 Å². The van der Waals surface area contributed by atoms with Gasteiger partial charge in [-0.25, -0.2) is 4.79 Å². The molecule has 2 aromatic rings.